The highest BCUT2D eigenvalue weighted by Gasteiger charge is 2.22. The molecule has 8 nitrogen and oxygen atoms in total. The Morgan fingerprint density at radius 1 is 1.03 bits per heavy atom. The molecule has 2 aromatic heterocycles. The molecule has 1 atom stereocenters. The zero-order valence-electron chi connectivity index (χ0n) is 15.2. The normalized spacial score (nSPS) is 11.4. The average molecular weight is 414 g/mol. The van der Waals surface area contributed by atoms with Gasteiger partial charge in [0.1, 0.15) is 0 Å². The number of nitrogens with zero attached hydrogens (tertiary/aromatic N) is 1. The minimum absolute atomic E-state index is 0.0893. The lowest BCUT2D eigenvalue weighted by atomic mass is 10.1. The number of benzene rings is 1. The number of furan rings is 1. The first kappa shape index (κ1) is 20.1. The van der Waals surface area contributed by atoms with Crippen molar-refractivity contribution in [3.8, 4) is 0 Å². The van der Waals surface area contributed by atoms with Crippen LogP contribution >= 0.6 is 11.6 Å². The van der Waals surface area contributed by atoms with Crippen molar-refractivity contribution in [3.05, 3.63) is 77.5 Å². The maximum Gasteiger partial charge on any atom is 0.341 e. The molecule has 3 aromatic rings. The Bertz CT molecular complexity index is 1040. The molecule has 2 amide bonds. The van der Waals surface area contributed by atoms with E-state index < -0.39 is 23.9 Å². The summed E-state index contributed by atoms with van der Waals surface area (Å²) in [6.07, 6.45) is 1.73. The molecule has 0 aliphatic rings. The van der Waals surface area contributed by atoms with Crippen LogP contribution in [-0.2, 0) is 9.53 Å². The van der Waals surface area contributed by atoms with E-state index in [-0.39, 0.29) is 22.2 Å². The molecule has 0 aliphatic carbocycles. The Labute approximate surface area is 170 Å². The molecule has 0 bridgehead atoms. The van der Waals surface area contributed by atoms with E-state index in [2.05, 4.69) is 15.6 Å². The van der Waals surface area contributed by atoms with E-state index in [9.17, 15) is 14.4 Å². The van der Waals surface area contributed by atoms with Gasteiger partial charge in [-0.1, -0.05) is 23.7 Å². The number of rotatable bonds is 6. The summed E-state index contributed by atoms with van der Waals surface area (Å²) in [6.45, 7) is 1.42. The monoisotopic (exact) mass is 413 g/mol. The van der Waals surface area contributed by atoms with E-state index in [1.54, 1.807) is 30.3 Å². The van der Waals surface area contributed by atoms with Gasteiger partial charge in [-0.25, -0.2) is 9.78 Å². The second-order valence-electron chi connectivity index (χ2n) is 5.86. The predicted molar refractivity (Wildman–Crippen MR) is 106 cm³/mol. The van der Waals surface area contributed by atoms with Crippen LogP contribution in [0.2, 0.25) is 5.15 Å². The van der Waals surface area contributed by atoms with Gasteiger partial charge in [-0.3, -0.25) is 9.59 Å². The second kappa shape index (κ2) is 9.03. The van der Waals surface area contributed by atoms with Gasteiger partial charge in [-0.2, -0.15) is 0 Å². The van der Waals surface area contributed by atoms with E-state index in [0.29, 0.717) is 5.69 Å². The van der Waals surface area contributed by atoms with Crippen molar-refractivity contribution < 1.29 is 23.5 Å². The lowest BCUT2D eigenvalue weighted by Crippen LogP contribution is -2.30. The first-order chi connectivity index (χ1) is 14.0. The van der Waals surface area contributed by atoms with Crippen LogP contribution < -0.4 is 10.6 Å². The molecular formula is C20H16ClN3O5. The maximum atomic E-state index is 12.6. The van der Waals surface area contributed by atoms with Crippen molar-refractivity contribution in [1.29, 1.82) is 0 Å². The summed E-state index contributed by atoms with van der Waals surface area (Å²) >= 11 is 5.90. The van der Waals surface area contributed by atoms with Gasteiger partial charge in [0.25, 0.3) is 11.8 Å². The SMILES string of the molecule is C[C@H](OC(=O)c1ccccc1NC(=O)c1ccco1)C(=O)Nc1cccnc1Cl. The lowest BCUT2D eigenvalue weighted by Gasteiger charge is -2.15. The molecule has 0 saturated carbocycles. The van der Waals surface area contributed by atoms with E-state index in [1.807, 2.05) is 0 Å². The number of carbonyl (C=O) groups is 3. The first-order valence-electron chi connectivity index (χ1n) is 8.52. The van der Waals surface area contributed by atoms with Crippen LogP contribution in [0.3, 0.4) is 0 Å². The standard InChI is InChI=1S/C20H16ClN3O5/c1-12(18(25)24-15-8-4-10-22-17(15)21)29-20(27)13-6-2-3-7-14(13)23-19(26)16-9-5-11-28-16/h2-12H,1H3,(H,23,26)(H,24,25)/t12-/m0/s1. The van der Waals surface area contributed by atoms with Crippen LogP contribution in [0.1, 0.15) is 27.8 Å². The number of nitrogens with one attached hydrogen (secondary N) is 2. The molecule has 2 N–H and O–H groups in total. The molecule has 3 rings (SSSR count). The Morgan fingerprint density at radius 3 is 2.52 bits per heavy atom. The van der Waals surface area contributed by atoms with Crippen LogP contribution in [0.5, 0.6) is 0 Å². The number of halogens is 1. The number of para-hydroxylation sites is 1. The van der Waals surface area contributed by atoms with Gasteiger partial charge in [0.15, 0.2) is 17.0 Å². The number of hydrogen-bond donors (Lipinski definition) is 2. The minimum atomic E-state index is -1.12. The van der Waals surface area contributed by atoms with Crippen LogP contribution in [0.25, 0.3) is 0 Å². The van der Waals surface area contributed by atoms with E-state index in [4.69, 9.17) is 20.8 Å². The second-order valence-corrected chi connectivity index (χ2v) is 6.21. The number of aromatic nitrogens is 1. The third-order valence-electron chi connectivity index (χ3n) is 3.81. The molecule has 148 valence electrons. The quantitative estimate of drug-likeness (QED) is 0.470. The summed E-state index contributed by atoms with van der Waals surface area (Å²) in [7, 11) is 0. The fourth-order valence-corrected chi connectivity index (χ4v) is 2.52. The highest BCUT2D eigenvalue weighted by molar-refractivity contribution is 6.32. The van der Waals surface area contributed by atoms with E-state index in [1.165, 1.54) is 37.6 Å². The fraction of sp³-hybridized carbons (Fsp3) is 0.100. The Morgan fingerprint density at radius 2 is 1.79 bits per heavy atom. The molecule has 0 unspecified atom stereocenters. The number of amides is 2. The third kappa shape index (κ3) is 4.99. The number of esters is 1. The number of pyridine rings is 1. The summed E-state index contributed by atoms with van der Waals surface area (Å²) < 4.78 is 10.3. The van der Waals surface area contributed by atoms with E-state index in [0.717, 1.165) is 0 Å². The van der Waals surface area contributed by atoms with Gasteiger partial charge >= 0.3 is 5.97 Å². The smallest absolute Gasteiger partial charge is 0.341 e. The van der Waals surface area contributed by atoms with Gasteiger partial charge in [-0.05, 0) is 43.3 Å². The summed E-state index contributed by atoms with van der Waals surface area (Å²) in [4.78, 5) is 40.9. The Balaban J connectivity index is 1.68. The summed E-state index contributed by atoms with van der Waals surface area (Å²) in [5, 5.41) is 5.24. The van der Waals surface area contributed by atoms with Crippen molar-refractivity contribution in [2.75, 3.05) is 10.6 Å². The van der Waals surface area contributed by atoms with Crippen molar-refractivity contribution in [1.82, 2.24) is 4.98 Å². The number of anilines is 2. The predicted octanol–water partition coefficient (Wildman–Crippen LogP) is 3.76. The molecule has 9 heteroatoms. The van der Waals surface area contributed by atoms with Gasteiger partial charge in [-0.15, -0.1) is 0 Å². The van der Waals surface area contributed by atoms with Crippen molar-refractivity contribution in [2.45, 2.75) is 13.0 Å². The average Bonchev–Trinajstić information content (AvgIpc) is 3.25. The molecule has 0 fully saturated rings. The van der Waals surface area contributed by atoms with Crippen molar-refractivity contribution in [2.24, 2.45) is 0 Å². The zero-order valence-corrected chi connectivity index (χ0v) is 16.0. The molecule has 2 heterocycles. The maximum absolute atomic E-state index is 12.6. The molecular weight excluding hydrogens is 398 g/mol. The Hall–Kier alpha value is -3.65. The molecule has 0 radical (unpaired) electrons. The van der Waals surface area contributed by atoms with Crippen LogP contribution in [0.15, 0.2) is 65.4 Å². The van der Waals surface area contributed by atoms with Gasteiger partial charge < -0.3 is 19.8 Å². The molecule has 0 saturated heterocycles. The fourth-order valence-electron chi connectivity index (χ4n) is 2.35. The largest absolute Gasteiger partial charge is 0.459 e. The molecule has 1 aromatic carbocycles. The highest BCUT2D eigenvalue weighted by atomic mass is 35.5. The van der Waals surface area contributed by atoms with Crippen LogP contribution in [-0.4, -0.2) is 28.9 Å². The van der Waals surface area contributed by atoms with Crippen molar-refractivity contribution >= 4 is 40.8 Å². The van der Waals surface area contributed by atoms with Crippen LogP contribution in [0.4, 0.5) is 11.4 Å². The van der Waals surface area contributed by atoms with Gasteiger partial charge in [0.2, 0.25) is 0 Å². The summed E-state index contributed by atoms with van der Waals surface area (Å²) in [5.74, 6) is -1.79. The highest BCUT2D eigenvalue weighted by Crippen LogP contribution is 2.20. The first-order valence-corrected chi connectivity index (χ1v) is 8.89. The number of carbonyl (C=O) groups excluding carboxylic acids is 3. The summed E-state index contributed by atoms with van der Waals surface area (Å²) in [5.41, 5.74) is 0.612. The van der Waals surface area contributed by atoms with Crippen molar-refractivity contribution in [3.63, 3.8) is 0 Å². The van der Waals surface area contributed by atoms with Gasteiger partial charge in [0.05, 0.1) is 23.2 Å². The van der Waals surface area contributed by atoms with E-state index >= 15 is 0 Å². The topological polar surface area (TPSA) is 111 Å². The Kier molecular flexibility index (Phi) is 6.25. The minimum Gasteiger partial charge on any atom is -0.459 e. The third-order valence-corrected chi connectivity index (χ3v) is 4.11. The number of hydrogen-bond acceptors (Lipinski definition) is 6. The zero-order chi connectivity index (χ0) is 20.8. The number of ether oxygens (including phenoxy) is 1. The molecule has 0 aliphatic heterocycles. The molecule has 0 spiro atoms. The lowest BCUT2D eigenvalue weighted by molar-refractivity contribution is -0.123. The van der Waals surface area contributed by atoms with Crippen LogP contribution in [0, 0.1) is 0 Å². The molecule has 29 heavy (non-hydrogen) atoms. The summed E-state index contributed by atoms with van der Waals surface area (Å²) in [6, 6.07) is 12.5. The van der Waals surface area contributed by atoms with Gasteiger partial charge in [0, 0.05) is 6.20 Å².